The number of imide groups is 1. The van der Waals surface area contributed by atoms with Crippen LogP contribution in [0.1, 0.15) is 29.9 Å². The van der Waals surface area contributed by atoms with E-state index >= 15 is 4.39 Å². The number of anilines is 2. The largest absolute Gasteiger partial charge is 0.442 e. The number of thiophene rings is 1. The number of morpholine rings is 1. The first-order chi connectivity index (χ1) is 19.5. The molecule has 0 spiro atoms. The van der Waals surface area contributed by atoms with Crippen LogP contribution >= 0.6 is 47.3 Å². The van der Waals surface area contributed by atoms with E-state index in [1.807, 2.05) is 13.8 Å². The van der Waals surface area contributed by atoms with E-state index in [1.165, 1.54) is 29.2 Å². The van der Waals surface area contributed by atoms with Crippen LogP contribution in [0.15, 0.2) is 30.3 Å². The maximum Gasteiger partial charge on any atom is 0.414 e. The van der Waals surface area contributed by atoms with Gasteiger partial charge in [-0.2, -0.15) is 0 Å². The monoisotopic (exact) mass is 662 g/mol. The maximum atomic E-state index is 15.1. The fourth-order valence-corrected chi connectivity index (χ4v) is 5.96. The molecule has 1 N–H and O–H groups in total. The molecule has 2 saturated heterocycles. The minimum Gasteiger partial charge on any atom is -0.442 e. The molecule has 11 nitrogen and oxygen atoms in total. The Morgan fingerprint density at radius 2 is 1.98 bits per heavy atom. The summed E-state index contributed by atoms with van der Waals surface area (Å²) in [5.74, 6) is -2.19. The van der Waals surface area contributed by atoms with Crippen molar-refractivity contribution in [3.8, 4) is 0 Å². The molecule has 0 saturated carbocycles. The summed E-state index contributed by atoms with van der Waals surface area (Å²) in [6, 6.07) is 7.05. The molecule has 2 fully saturated rings. The first-order valence-electron chi connectivity index (χ1n) is 12.7. The zero-order chi connectivity index (χ0) is 29.7. The van der Waals surface area contributed by atoms with Gasteiger partial charge in [-0.1, -0.05) is 25.4 Å². The number of halogens is 3. The summed E-state index contributed by atoms with van der Waals surface area (Å²) in [5.41, 5.74) is 0.260. The van der Waals surface area contributed by atoms with Crippen molar-refractivity contribution < 1.29 is 37.8 Å². The Morgan fingerprint density at radius 3 is 2.62 bits per heavy atom. The second-order valence-electron chi connectivity index (χ2n) is 9.66. The molecular formula is C26H29Cl2FN4O7S2. The number of amides is 4. The molecule has 2 aliphatic heterocycles. The van der Waals surface area contributed by atoms with Crippen molar-refractivity contribution in [1.29, 1.82) is 0 Å². The number of rotatable bonds is 10. The lowest BCUT2D eigenvalue weighted by Gasteiger charge is -2.27. The number of carbonyl (C=O) groups excluding carboxylic acids is 5. The summed E-state index contributed by atoms with van der Waals surface area (Å²) in [5, 5.41) is -0.151. The predicted molar refractivity (Wildman–Crippen MR) is 160 cm³/mol. The Balaban J connectivity index is 0.00000484. The first kappa shape index (κ1) is 33.7. The van der Waals surface area contributed by atoms with E-state index in [0.717, 1.165) is 39.2 Å². The van der Waals surface area contributed by atoms with Gasteiger partial charge in [0.15, 0.2) is 0 Å². The average Bonchev–Trinajstić information content (AvgIpc) is 3.51. The number of hydrogen-bond acceptors (Lipinski definition) is 10. The summed E-state index contributed by atoms with van der Waals surface area (Å²) in [7, 11) is 0. The Labute approximate surface area is 261 Å². The third-order valence-electron chi connectivity index (χ3n) is 6.09. The summed E-state index contributed by atoms with van der Waals surface area (Å²) in [4.78, 5) is 66.7. The molecule has 3 heterocycles. The molecule has 0 unspecified atom stereocenters. The molecule has 2 aliphatic rings. The quantitative estimate of drug-likeness (QED) is 0.374. The van der Waals surface area contributed by atoms with E-state index in [0.29, 0.717) is 23.1 Å². The number of hydrogen-bond donors (Lipinski definition) is 1. The van der Waals surface area contributed by atoms with E-state index in [-0.39, 0.29) is 72.7 Å². The zero-order valence-corrected chi connectivity index (χ0v) is 25.9. The smallest absolute Gasteiger partial charge is 0.414 e. The lowest BCUT2D eigenvalue weighted by atomic mass is 10.2. The van der Waals surface area contributed by atoms with Crippen molar-refractivity contribution in [2.45, 2.75) is 26.4 Å². The number of cyclic esters (lactones) is 1. The number of nitrogens with one attached hydrogen (secondary N) is 1. The van der Waals surface area contributed by atoms with Gasteiger partial charge in [0.25, 0.3) is 11.8 Å². The van der Waals surface area contributed by atoms with Gasteiger partial charge in [-0.3, -0.25) is 29.0 Å². The lowest BCUT2D eigenvalue weighted by Crippen LogP contribution is -2.46. The molecule has 228 valence electrons. The summed E-state index contributed by atoms with van der Waals surface area (Å²) >= 11 is 7.75. The third kappa shape index (κ3) is 8.42. The van der Waals surface area contributed by atoms with E-state index in [1.54, 1.807) is 0 Å². The summed E-state index contributed by atoms with van der Waals surface area (Å²) in [6.07, 6.45) is -1.49. The molecule has 4 amide bonds. The van der Waals surface area contributed by atoms with Crippen molar-refractivity contribution in [2.24, 2.45) is 5.92 Å². The zero-order valence-electron chi connectivity index (χ0n) is 22.7. The third-order valence-corrected chi connectivity index (χ3v) is 8.00. The minimum absolute atomic E-state index is 0. The molecule has 1 aromatic heterocycles. The molecule has 2 aromatic rings. The van der Waals surface area contributed by atoms with Gasteiger partial charge in [-0.15, -0.1) is 23.7 Å². The van der Waals surface area contributed by atoms with Gasteiger partial charge < -0.3 is 14.4 Å². The normalized spacial score (nSPS) is 16.8. The van der Waals surface area contributed by atoms with Gasteiger partial charge in [-0.25, -0.2) is 13.9 Å². The van der Waals surface area contributed by atoms with Crippen molar-refractivity contribution in [2.75, 3.05) is 49.2 Å². The van der Waals surface area contributed by atoms with Crippen molar-refractivity contribution in [3.05, 3.63) is 45.4 Å². The predicted octanol–water partition coefficient (Wildman–Crippen LogP) is 4.13. The fourth-order valence-electron chi connectivity index (χ4n) is 4.20. The molecule has 42 heavy (non-hydrogen) atoms. The minimum atomic E-state index is -0.957. The topological polar surface area (TPSA) is 126 Å². The SMILES string of the molecule is CC(C)CC(=O)SNCC(=O)N(C[C@H]1CN(c2ccc(N3CCOCC3=O)cc2F)C(=O)O1)C(=O)c1ccc(Cl)s1.Cl. The van der Waals surface area contributed by atoms with Crippen LogP contribution in [0.25, 0.3) is 0 Å². The molecule has 0 bridgehead atoms. The maximum absolute atomic E-state index is 15.1. The second kappa shape index (κ2) is 15.1. The number of ether oxygens (including phenoxy) is 2. The number of carbonyl (C=O) groups is 5. The van der Waals surface area contributed by atoms with Crippen molar-refractivity contribution in [1.82, 2.24) is 9.62 Å². The van der Waals surface area contributed by atoms with Crippen LogP contribution in [-0.2, 0) is 23.9 Å². The number of benzene rings is 1. The van der Waals surface area contributed by atoms with E-state index in [2.05, 4.69) is 4.72 Å². The van der Waals surface area contributed by atoms with Gasteiger partial charge in [0.2, 0.25) is 11.0 Å². The molecule has 16 heteroatoms. The molecule has 1 atom stereocenters. The Kier molecular flexibility index (Phi) is 12.1. The highest BCUT2D eigenvalue weighted by Crippen LogP contribution is 2.30. The number of nitrogens with zero attached hydrogens (tertiary/aromatic N) is 3. The van der Waals surface area contributed by atoms with Gasteiger partial charge in [0.1, 0.15) is 18.5 Å². The van der Waals surface area contributed by atoms with Crippen LogP contribution < -0.4 is 14.5 Å². The highest BCUT2D eigenvalue weighted by Gasteiger charge is 2.38. The van der Waals surface area contributed by atoms with Crippen LogP contribution in [0.4, 0.5) is 20.6 Å². The van der Waals surface area contributed by atoms with Crippen molar-refractivity contribution in [3.63, 3.8) is 0 Å². The van der Waals surface area contributed by atoms with Crippen LogP contribution in [0, 0.1) is 11.7 Å². The van der Waals surface area contributed by atoms with E-state index < -0.39 is 29.8 Å². The highest BCUT2D eigenvalue weighted by molar-refractivity contribution is 8.12. The molecular weight excluding hydrogens is 634 g/mol. The molecule has 0 radical (unpaired) electrons. The van der Waals surface area contributed by atoms with Crippen molar-refractivity contribution >= 4 is 87.6 Å². The summed E-state index contributed by atoms with van der Waals surface area (Å²) in [6.45, 7) is 3.52. The van der Waals surface area contributed by atoms with Gasteiger partial charge in [0, 0.05) is 18.7 Å². The van der Waals surface area contributed by atoms with Crippen LogP contribution in [0.3, 0.4) is 0 Å². The molecule has 0 aliphatic carbocycles. The van der Waals surface area contributed by atoms with E-state index in [9.17, 15) is 24.0 Å². The Morgan fingerprint density at radius 1 is 1.21 bits per heavy atom. The standard InChI is InChI=1S/C26H28ClFN4O7S2.ClH/c1-15(2)9-24(35)41-29-11-22(33)32(25(36)20-5-6-21(27)40-20)13-17-12-31(26(37)39-17)19-4-3-16(10-18(19)28)30-7-8-38-14-23(30)34;/h3-6,10,15,17,29H,7-9,11-14H2,1-2H3;1H/t17-;/m1./s1. The van der Waals surface area contributed by atoms with Crippen LogP contribution in [0.5, 0.6) is 0 Å². The van der Waals surface area contributed by atoms with Crippen LogP contribution in [0.2, 0.25) is 4.34 Å². The highest BCUT2D eigenvalue weighted by atomic mass is 35.5. The Bertz CT molecular complexity index is 1350. The average molecular weight is 664 g/mol. The van der Waals surface area contributed by atoms with Gasteiger partial charge in [0.05, 0.1) is 41.1 Å². The first-order valence-corrected chi connectivity index (χ1v) is 14.7. The second-order valence-corrected chi connectivity index (χ2v) is 12.3. The fraction of sp³-hybridized carbons (Fsp3) is 0.423. The molecule has 4 rings (SSSR count). The van der Waals surface area contributed by atoms with Gasteiger partial charge >= 0.3 is 6.09 Å². The van der Waals surface area contributed by atoms with Crippen LogP contribution in [-0.4, -0.2) is 79.3 Å². The Hall–Kier alpha value is -2.75. The van der Waals surface area contributed by atoms with E-state index in [4.69, 9.17) is 21.1 Å². The summed E-state index contributed by atoms with van der Waals surface area (Å²) < 4.78 is 28.7. The molecule has 1 aromatic carbocycles. The lowest BCUT2D eigenvalue weighted by molar-refractivity contribution is -0.128. The van der Waals surface area contributed by atoms with Gasteiger partial charge in [-0.05, 0) is 48.2 Å².